The number of halogens is 1. The summed E-state index contributed by atoms with van der Waals surface area (Å²) in [7, 11) is 3.86. The molecule has 2 amide bonds. The summed E-state index contributed by atoms with van der Waals surface area (Å²) >= 11 is 3.15. The first-order valence-electron chi connectivity index (χ1n) is 6.05. The molecular formula is C13H18BrN3O3. The number of hydrogen-bond acceptors (Lipinski definition) is 3. The molecule has 1 aromatic carbocycles. The van der Waals surface area contributed by atoms with Crippen LogP contribution in [0.15, 0.2) is 22.7 Å². The lowest BCUT2D eigenvalue weighted by Crippen LogP contribution is -2.40. The molecule has 0 saturated heterocycles. The maximum atomic E-state index is 11.7. The normalized spacial score (nSPS) is 12.1. The van der Waals surface area contributed by atoms with Crippen molar-refractivity contribution in [3.05, 3.63) is 28.2 Å². The molecule has 1 aromatic rings. The van der Waals surface area contributed by atoms with Crippen LogP contribution in [-0.2, 0) is 0 Å². The predicted molar refractivity (Wildman–Crippen MR) is 81.3 cm³/mol. The summed E-state index contributed by atoms with van der Waals surface area (Å²) in [6, 6.07) is 4.46. The van der Waals surface area contributed by atoms with Crippen LogP contribution in [0.25, 0.3) is 0 Å². The third kappa shape index (κ3) is 4.82. The van der Waals surface area contributed by atoms with Crippen LogP contribution < -0.4 is 10.6 Å². The zero-order valence-electron chi connectivity index (χ0n) is 11.6. The lowest BCUT2D eigenvalue weighted by molar-refractivity contribution is 0.0696. The van der Waals surface area contributed by atoms with Gasteiger partial charge in [-0.1, -0.05) is 0 Å². The molecular weight excluding hydrogens is 326 g/mol. The van der Waals surface area contributed by atoms with Gasteiger partial charge in [-0.05, 0) is 55.1 Å². The van der Waals surface area contributed by atoms with E-state index in [0.717, 1.165) is 0 Å². The maximum absolute atomic E-state index is 11.7. The number of likely N-dealkylation sites (N-methyl/N-ethyl adjacent to an activating group) is 1. The highest BCUT2D eigenvalue weighted by Crippen LogP contribution is 2.21. The Hall–Kier alpha value is -1.60. The van der Waals surface area contributed by atoms with Gasteiger partial charge in [-0.3, -0.25) is 0 Å². The Balaban J connectivity index is 2.62. The number of nitrogens with one attached hydrogen (secondary N) is 2. The molecule has 6 nitrogen and oxygen atoms in total. The average Bonchev–Trinajstić information content (AvgIpc) is 2.37. The molecule has 20 heavy (non-hydrogen) atoms. The van der Waals surface area contributed by atoms with Crippen LogP contribution in [0.1, 0.15) is 17.3 Å². The number of urea groups is 1. The monoisotopic (exact) mass is 343 g/mol. The van der Waals surface area contributed by atoms with Crippen LogP contribution in [0, 0.1) is 0 Å². The molecule has 1 atom stereocenters. The van der Waals surface area contributed by atoms with Crippen LogP contribution >= 0.6 is 15.9 Å². The fourth-order valence-electron chi connectivity index (χ4n) is 1.37. The molecule has 110 valence electrons. The number of hydrogen-bond donors (Lipinski definition) is 3. The minimum absolute atomic E-state index is 0.101. The third-order valence-electron chi connectivity index (χ3n) is 2.89. The van der Waals surface area contributed by atoms with Crippen molar-refractivity contribution in [3.8, 4) is 0 Å². The van der Waals surface area contributed by atoms with Gasteiger partial charge in [0, 0.05) is 22.7 Å². The van der Waals surface area contributed by atoms with E-state index in [1.54, 1.807) is 12.1 Å². The Kier molecular flexibility index (Phi) is 5.97. The number of benzene rings is 1. The van der Waals surface area contributed by atoms with Gasteiger partial charge in [0.1, 0.15) is 0 Å². The van der Waals surface area contributed by atoms with Crippen LogP contribution in [0.3, 0.4) is 0 Å². The largest absolute Gasteiger partial charge is 0.478 e. The smallest absolute Gasteiger partial charge is 0.336 e. The summed E-state index contributed by atoms with van der Waals surface area (Å²) in [6.07, 6.45) is 0. The van der Waals surface area contributed by atoms with Gasteiger partial charge < -0.3 is 20.6 Å². The van der Waals surface area contributed by atoms with Gasteiger partial charge in [-0.15, -0.1) is 0 Å². The molecule has 3 N–H and O–H groups in total. The minimum atomic E-state index is -1.05. The highest BCUT2D eigenvalue weighted by atomic mass is 79.9. The fraction of sp³-hybridized carbons (Fsp3) is 0.385. The summed E-state index contributed by atoms with van der Waals surface area (Å²) in [5, 5.41) is 14.3. The maximum Gasteiger partial charge on any atom is 0.336 e. The second-order valence-corrected chi connectivity index (χ2v) is 5.50. The topological polar surface area (TPSA) is 81.7 Å². The van der Waals surface area contributed by atoms with Crippen LogP contribution in [0.4, 0.5) is 10.5 Å². The van der Waals surface area contributed by atoms with Crippen molar-refractivity contribution in [2.45, 2.75) is 13.0 Å². The number of carbonyl (C=O) groups is 2. The van der Waals surface area contributed by atoms with E-state index < -0.39 is 5.97 Å². The van der Waals surface area contributed by atoms with Crippen molar-refractivity contribution in [1.82, 2.24) is 10.2 Å². The summed E-state index contributed by atoms with van der Waals surface area (Å²) in [4.78, 5) is 24.7. The summed E-state index contributed by atoms with van der Waals surface area (Å²) in [5.41, 5.74) is 0.532. The van der Waals surface area contributed by atoms with E-state index >= 15 is 0 Å². The first-order chi connectivity index (χ1) is 9.31. The van der Waals surface area contributed by atoms with Gasteiger partial charge in [0.25, 0.3) is 0 Å². The van der Waals surface area contributed by atoms with Crippen molar-refractivity contribution in [1.29, 1.82) is 0 Å². The summed E-state index contributed by atoms with van der Waals surface area (Å²) in [5.74, 6) is -1.05. The number of carboxylic acid groups (broad SMARTS) is 1. The Labute approximate surface area is 126 Å². The van der Waals surface area contributed by atoms with Crippen LogP contribution in [0.5, 0.6) is 0 Å². The predicted octanol–water partition coefficient (Wildman–Crippen LogP) is 2.22. The SMILES string of the molecule is CC(CNC(=O)Nc1ccc(Br)c(C(=O)O)c1)N(C)C. The Bertz CT molecular complexity index is 506. The highest BCUT2D eigenvalue weighted by Gasteiger charge is 2.11. The van der Waals surface area contributed by atoms with Gasteiger partial charge in [0.15, 0.2) is 0 Å². The Morgan fingerprint density at radius 1 is 1.40 bits per heavy atom. The van der Waals surface area contributed by atoms with Gasteiger partial charge in [0.2, 0.25) is 0 Å². The molecule has 7 heteroatoms. The molecule has 0 fully saturated rings. The number of carboxylic acids is 1. The lowest BCUT2D eigenvalue weighted by atomic mass is 10.2. The molecule has 0 spiro atoms. The molecule has 1 unspecified atom stereocenters. The van der Waals surface area contributed by atoms with Crippen molar-refractivity contribution in [3.63, 3.8) is 0 Å². The van der Waals surface area contributed by atoms with Gasteiger partial charge in [0.05, 0.1) is 5.56 Å². The van der Waals surface area contributed by atoms with Gasteiger partial charge in [-0.25, -0.2) is 9.59 Å². The van der Waals surface area contributed by atoms with E-state index in [-0.39, 0.29) is 17.6 Å². The van der Waals surface area contributed by atoms with E-state index in [4.69, 9.17) is 5.11 Å². The van der Waals surface area contributed by atoms with E-state index in [0.29, 0.717) is 16.7 Å². The van der Waals surface area contributed by atoms with Gasteiger partial charge >= 0.3 is 12.0 Å². The zero-order chi connectivity index (χ0) is 15.3. The van der Waals surface area contributed by atoms with Crippen molar-refractivity contribution >= 4 is 33.6 Å². The lowest BCUT2D eigenvalue weighted by Gasteiger charge is -2.20. The van der Waals surface area contributed by atoms with E-state index in [1.807, 2.05) is 25.9 Å². The number of anilines is 1. The molecule has 0 aliphatic rings. The molecule has 0 aliphatic carbocycles. The Morgan fingerprint density at radius 3 is 2.60 bits per heavy atom. The summed E-state index contributed by atoms with van der Waals surface area (Å²) in [6.45, 7) is 2.49. The third-order valence-corrected chi connectivity index (χ3v) is 3.59. The van der Waals surface area contributed by atoms with E-state index in [1.165, 1.54) is 6.07 Å². The van der Waals surface area contributed by atoms with E-state index in [2.05, 4.69) is 26.6 Å². The fourth-order valence-corrected chi connectivity index (χ4v) is 1.78. The molecule has 0 heterocycles. The second kappa shape index (κ2) is 7.25. The molecule has 0 saturated carbocycles. The number of carbonyl (C=O) groups excluding carboxylic acids is 1. The van der Waals surface area contributed by atoms with E-state index in [9.17, 15) is 9.59 Å². The molecule has 1 rings (SSSR count). The second-order valence-electron chi connectivity index (χ2n) is 4.65. The number of aromatic carboxylic acids is 1. The average molecular weight is 344 g/mol. The highest BCUT2D eigenvalue weighted by molar-refractivity contribution is 9.10. The standard InChI is InChI=1S/C13H18BrN3O3/c1-8(17(2)3)7-15-13(20)16-9-4-5-11(14)10(6-9)12(18)19/h4-6,8H,7H2,1-3H3,(H,18,19)(H2,15,16,20). The zero-order valence-corrected chi connectivity index (χ0v) is 13.2. The van der Waals surface area contributed by atoms with Crippen molar-refractivity contribution in [2.75, 3.05) is 26.0 Å². The first-order valence-corrected chi connectivity index (χ1v) is 6.84. The van der Waals surface area contributed by atoms with Crippen molar-refractivity contribution < 1.29 is 14.7 Å². The number of amides is 2. The summed E-state index contributed by atoms with van der Waals surface area (Å²) < 4.78 is 0.470. The van der Waals surface area contributed by atoms with Crippen LogP contribution in [0.2, 0.25) is 0 Å². The first kappa shape index (κ1) is 16.5. The number of nitrogens with zero attached hydrogens (tertiary/aromatic N) is 1. The Morgan fingerprint density at radius 2 is 2.05 bits per heavy atom. The van der Waals surface area contributed by atoms with Gasteiger partial charge in [-0.2, -0.15) is 0 Å². The molecule has 0 bridgehead atoms. The van der Waals surface area contributed by atoms with Crippen LogP contribution in [-0.4, -0.2) is 48.7 Å². The molecule has 0 aliphatic heterocycles. The minimum Gasteiger partial charge on any atom is -0.478 e. The molecule has 0 radical (unpaired) electrons. The number of rotatable bonds is 5. The molecule has 0 aromatic heterocycles. The quantitative estimate of drug-likeness (QED) is 0.765. The van der Waals surface area contributed by atoms with Crippen molar-refractivity contribution in [2.24, 2.45) is 0 Å².